The number of hydrogen-bond donors (Lipinski definition) is 2. The van der Waals surface area contributed by atoms with Crippen molar-refractivity contribution in [3.63, 3.8) is 0 Å². The minimum absolute atomic E-state index is 0.00773. The molecule has 8 heteroatoms. The molecule has 0 saturated heterocycles. The van der Waals surface area contributed by atoms with Gasteiger partial charge >= 0.3 is 0 Å². The number of sulfonamides is 1. The first kappa shape index (κ1) is 13.7. The molecular formula is C10H14ClN3O3S. The van der Waals surface area contributed by atoms with E-state index in [-0.39, 0.29) is 10.2 Å². The molecule has 1 aromatic heterocycles. The molecular weight excluding hydrogens is 278 g/mol. The lowest BCUT2D eigenvalue weighted by Gasteiger charge is -2.27. The monoisotopic (exact) mass is 291 g/mol. The fraction of sp³-hybridized carbons (Fsp3) is 0.600. The van der Waals surface area contributed by atoms with Gasteiger partial charge in [-0.2, -0.15) is 0 Å². The van der Waals surface area contributed by atoms with Gasteiger partial charge in [-0.05, 0) is 24.4 Å². The van der Waals surface area contributed by atoms with Crippen LogP contribution in [0.4, 0.5) is 0 Å². The molecule has 2 N–H and O–H groups in total. The van der Waals surface area contributed by atoms with Gasteiger partial charge in [-0.15, -0.1) is 0 Å². The molecule has 6 nitrogen and oxygen atoms in total. The van der Waals surface area contributed by atoms with Crippen LogP contribution in [0.1, 0.15) is 25.7 Å². The molecule has 0 aromatic carbocycles. The summed E-state index contributed by atoms with van der Waals surface area (Å²) in [5.74, 6) is 0. The van der Waals surface area contributed by atoms with Crippen LogP contribution in [0.15, 0.2) is 17.3 Å². The Kier molecular flexibility index (Phi) is 4.16. The zero-order chi connectivity index (χ0) is 13.2. The van der Waals surface area contributed by atoms with Gasteiger partial charge < -0.3 is 5.11 Å². The summed E-state index contributed by atoms with van der Waals surface area (Å²) in [6, 6.07) is -0.445. The Labute approximate surface area is 110 Å². The van der Waals surface area contributed by atoms with Gasteiger partial charge in [0, 0.05) is 6.04 Å². The molecule has 1 aliphatic rings. The standard InChI is InChI=1S/C10H14ClN3O3S/c11-10-12-5-7(6-13-10)18(16,17)14-8-3-1-2-4-9(8)15/h5-6,8-9,14-15H,1-4H2. The zero-order valence-electron chi connectivity index (χ0n) is 9.58. The van der Waals surface area contributed by atoms with Gasteiger partial charge in [0.05, 0.1) is 18.5 Å². The number of hydrogen-bond acceptors (Lipinski definition) is 5. The van der Waals surface area contributed by atoms with Crippen molar-refractivity contribution < 1.29 is 13.5 Å². The summed E-state index contributed by atoms with van der Waals surface area (Å²) in [6.07, 6.45) is 4.73. The van der Waals surface area contributed by atoms with Crippen LogP contribution in [0.25, 0.3) is 0 Å². The third-order valence-electron chi connectivity index (χ3n) is 2.94. The summed E-state index contributed by atoms with van der Waals surface area (Å²) in [7, 11) is -3.70. The predicted molar refractivity (Wildman–Crippen MR) is 65.6 cm³/mol. The van der Waals surface area contributed by atoms with Crippen LogP contribution in [0.3, 0.4) is 0 Å². The highest BCUT2D eigenvalue weighted by Crippen LogP contribution is 2.20. The lowest BCUT2D eigenvalue weighted by Crippen LogP contribution is -2.44. The maximum Gasteiger partial charge on any atom is 0.243 e. The lowest BCUT2D eigenvalue weighted by molar-refractivity contribution is 0.101. The van der Waals surface area contributed by atoms with Crippen molar-refractivity contribution in [2.45, 2.75) is 42.7 Å². The average molecular weight is 292 g/mol. The van der Waals surface area contributed by atoms with Crippen molar-refractivity contribution >= 4 is 21.6 Å². The van der Waals surface area contributed by atoms with Gasteiger partial charge in [-0.1, -0.05) is 12.8 Å². The highest BCUT2D eigenvalue weighted by Gasteiger charge is 2.28. The average Bonchev–Trinajstić information content (AvgIpc) is 2.32. The summed E-state index contributed by atoms with van der Waals surface area (Å²) in [5.41, 5.74) is 0. The van der Waals surface area contributed by atoms with Crippen LogP contribution in [0, 0.1) is 0 Å². The smallest absolute Gasteiger partial charge is 0.243 e. The summed E-state index contributed by atoms with van der Waals surface area (Å²) in [5, 5.41) is 9.74. The highest BCUT2D eigenvalue weighted by molar-refractivity contribution is 7.89. The number of rotatable bonds is 3. The Hall–Kier alpha value is -0.760. The second-order valence-electron chi connectivity index (χ2n) is 4.27. The number of nitrogens with one attached hydrogen (secondary N) is 1. The SMILES string of the molecule is O=S(=O)(NC1CCCCC1O)c1cnc(Cl)nc1. The Morgan fingerprint density at radius 2 is 1.89 bits per heavy atom. The van der Waals surface area contributed by atoms with Crippen LogP contribution in [0.5, 0.6) is 0 Å². The second kappa shape index (κ2) is 5.48. The van der Waals surface area contributed by atoms with E-state index in [1.807, 2.05) is 0 Å². The van der Waals surface area contributed by atoms with Crippen LogP contribution in [-0.2, 0) is 10.0 Å². The Balaban J connectivity index is 2.13. The van der Waals surface area contributed by atoms with Crippen molar-refractivity contribution in [1.29, 1.82) is 0 Å². The van der Waals surface area contributed by atoms with Gasteiger partial charge in [0.1, 0.15) is 4.90 Å². The largest absolute Gasteiger partial charge is 0.391 e. The minimum Gasteiger partial charge on any atom is -0.391 e. The molecule has 1 aliphatic carbocycles. The Morgan fingerprint density at radius 3 is 2.50 bits per heavy atom. The molecule has 100 valence electrons. The van der Waals surface area contributed by atoms with Crippen LogP contribution in [-0.4, -0.2) is 35.6 Å². The number of nitrogens with zero attached hydrogens (tertiary/aromatic N) is 2. The zero-order valence-corrected chi connectivity index (χ0v) is 11.2. The molecule has 1 saturated carbocycles. The molecule has 1 aromatic rings. The highest BCUT2D eigenvalue weighted by atomic mass is 35.5. The van der Waals surface area contributed by atoms with Crippen molar-refractivity contribution in [2.75, 3.05) is 0 Å². The molecule has 0 amide bonds. The molecule has 0 spiro atoms. The first-order valence-corrected chi connectivity index (χ1v) is 7.53. The van der Waals surface area contributed by atoms with E-state index in [1.54, 1.807) is 0 Å². The molecule has 2 atom stereocenters. The first-order chi connectivity index (χ1) is 8.49. The van der Waals surface area contributed by atoms with Crippen LogP contribution >= 0.6 is 11.6 Å². The van der Waals surface area contributed by atoms with Crippen LogP contribution in [0.2, 0.25) is 5.28 Å². The lowest BCUT2D eigenvalue weighted by atomic mass is 9.93. The van der Waals surface area contributed by atoms with Crippen molar-refractivity contribution in [2.24, 2.45) is 0 Å². The molecule has 2 unspecified atom stereocenters. The van der Waals surface area contributed by atoms with E-state index in [2.05, 4.69) is 14.7 Å². The van der Waals surface area contributed by atoms with Crippen molar-refractivity contribution in [3.8, 4) is 0 Å². The van der Waals surface area contributed by atoms with Gasteiger partial charge in [0.2, 0.25) is 15.3 Å². The normalized spacial score (nSPS) is 25.0. The van der Waals surface area contributed by atoms with E-state index in [0.29, 0.717) is 12.8 Å². The molecule has 18 heavy (non-hydrogen) atoms. The molecule has 0 aliphatic heterocycles. The first-order valence-electron chi connectivity index (χ1n) is 5.67. The van der Waals surface area contributed by atoms with E-state index in [9.17, 15) is 13.5 Å². The molecule has 0 bridgehead atoms. The second-order valence-corrected chi connectivity index (χ2v) is 6.32. The van der Waals surface area contributed by atoms with E-state index in [1.165, 1.54) is 0 Å². The molecule has 0 radical (unpaired) electrons. The minimum atomic E-state index is -3.70. The number of aliphatic hydroxyl groups is 1. The van der Waals surface area contributed by atoms with Gasteiger partial charge in [0.15, 0.2) is 0 Å². The van der Waals surface area contributed by atoms with E-state index in [4.69, 9.17) is 11.6 Å². The quantitative estimate of drug-likeness (QED) is 0.800. The Morgan fingerprint density at radius 1 is 1.28 bits per heavy atom. The van der Waals surface area contributed by atoms with Crippen molar-refractivity contribution in [1.82, 2.24) is 14.7 Å². The number of halogens is 1. The maximum atomic E-state index is 12.0. The van der Waals surface area contributed by atoms with E-state index < -0.39 is 22.2 Å². The fourth-order valence-electron chi connectivity index (χ4n) is 1.96. The number of aliphatic hydroxyl groups excluding tert-OH is 1. The topological polar surface area (TPSA) is 92.2 Å². The maximum absolute atomic E-state index is 12.0. The van der Waals surface area contributed by atoms with Crippen LogP contribution < -0.4 is 4.72 Å². The third-order valence-corrected chi connectivity index (χ3v) is 4.58. The molecule has 2 rings (SSSR count). The summed E-state index contributed by atoms with van der Waals surface area (Å²) >= 11 is 5.50. The van der Waals surface area contributed by atoms with E-state index in [0.717, 1.165) is 25.2 Å². The summed E-state index contributed by atoms with van der Waals surface area (Å²) < 4.78 is 26.5. The van der Waals surface area contributed by atoms with Gasteiger partial charge in [-0.3, -0.25) is 0 Å². The Bertz CT molecular complexity index is 506. The van der Waals surface area contributed by atoms with Gasteiger partial charge in [0.25, 0.3) is 0 Å². The fourth-order valence-corrected chi connectivity index (χ4v) is 3.25. The summed E-state index contributed by atoms with van der Waals surface area (Å²) in [4.78, 5) is 7.21. The summed E-state index contributed by atoms with van der Waals surface area (Å²) in [6.45, 7) is 0. The number of aromatic nitrogens is 2. The predicted octanol–water partition coefficient (Wildman–Crippen LogP) is 0.712. The van der Waals surface area contributed by atoms with E-state index >= 15 is 0 Å². The molecule has 1 heterocycles. The van der Waals surface area contributed by atoms with Crippen molar-refractivity contribution in [3.05, 3.63) is 17.7 Å². The van der Waals surface area contributed by atoms with Gasteiger partial charge in [-0.25, -0.2) is 23.1 Å². The third kappa shape index (κ3) is 3.17. The molecule has 1 fully saturated rings.